The predicted molar refractivity (Wildman–Crippen MR) is 78.1 cm³/mol. The van der Waals surface area contributed by atoms with Crippen LogP contribution in [-0.2, 0) is 13.1 Å². The zero-order valence-electron chi connectivity index (χ0n) is 10.8. The second-order valence-electron chi connectivity index (χ2n) is 4.38. The summed E-state index contributed by atoms with van der Waals surface area (Å²) in [6, 6.07) is 16.2. The molecule has 0 aromatic heterocycles. The van der Waals surface area contributed by atoms with Crippen molar-refractivity contribution in [2.45, 2.75) is 13.1 Å². The van der Waals surface area contributed by atoms with E-state index < -0.39 is 0 Å². The fourth-order valence-corrected chi connectivity index (χ4v) is 1.88. The number of rotatable bonds is 4. The summed E-state index contributed by atoms with van der Waals surface area (Å²) in [4.78, 5) is 0. The van der Waals surface area contributed by atoms with Crippen LogP contribution in [0.15, 0.2) is 48.5 Å². The van der Waals surface area contributed by atoms with Crippen molar-refractivity contribution in [3.8, 4) is 24.7 Å². The van der Waals surface area contributed by atoms with Crippen LogP contribution in [0, 0.1) is 24.7 Å². The van der Waals surface area contributed by atoms with Gasteiger partial charge in [0.05, 0.1) is 0 Å². The molecule has 92 valence electrons. The summed E-state index contributed by atoms with van der Waals surface area (Å²) in [6.07, 6.45) is 10.7. The highest BCUT2D eigenvalue weighted by molar-refractivity contribution is 5.34. The van der Waals surface area contributed by atoms with Crippen molar-refractivity contribution in [1.82, 2.24) is 0 Å². The first kappa shape index (κ1) is 13.0. The molecule has 2 N–H and O–H groups in total. The zero-order chi connectivity index (χ0) is 13.5. The molecule has 2 aromatic rings. The van der Waals surface area contributed by atoms with E-state index in [9.17, 15) is 0 Å². The first-order valence-corrected chi connectivity index (χ1v) is 6.24. The maximum absolute atomic E-state index is 5.33. The van der Waals surface area contributed by atoms with E-state index >= 15 is 0 Å². The highest BCUT2D eigenvalue weighted by Crippen LogP contribution is 2.03. The summed E-state index contributed by atoms with van der Waals surface area (Å²) in [5.74, 6) is 5.24. The van der Waals surface area contributed by atoms with Crippen LogP contribution in [0.25, 0.3) is 0 Å². The molecule has 0 saturated heterocycles. The molecule has 0 spiro atoms. The molecule has 0 aliphatic carbocycles. The molecule has 2 rings (SSSR count). The molecule has 0 unspecified atom stereocenters. The van der Waals surface area contributed by atoms with Crippen molar-refractivity contribution in [3.63, 3.8) is 0 Å². The third kappa shape index (κ3) is 3.75. The van der Waals surface area contributed by atoms with E-state index in [4.69, 9.17) is 12.8 Å². The van der Waals surface area contributed by atoms with E-state index in [0.29, 0.717) is 0 Å². The minimum atomic E-state index is 0.925. The van der Waals surface area contributed by atoms with Crippen LogP contribution in [0.2, 0.25) is 0 Å². The van der Waals surface area contributed by atoms with Gasteiger partial charge >= 0.3 is 0 Å². The fourth-order valence-electron chi connectivity index (χ4n) is 1.88. The van der Waals surface area contributed by atoms with Gasteiger partial charge in [-0.2, -0.15) is 0 Å². The minimum absolute atomic E-state index is 0.925. The number of benzene rings is 2. The Morgan fingerprint density at radius 2 is 1.05 bits per heavy atom. The molecule has 1 heteroatoms. The summed E-state index contributed by atoms with van der Waals surface area (Å²) in [5.41, 5.74) is 4.40. The van der Waals surface area contributed by atoms with Crippen molar-refractivity contribution >= 4 is 0 Å². The lowest BCUT2D eigenvalue weighted by Crippen LogP contribution is -2.80. The molecule has 0 heterocycles. The van der Waals surface area contributed by atoms with E-state index in [1.54, 1.807) is 0 Å². The van der Waals surface area contributed by atoms with E-state index in [-0.39, 0.29) is 0 Å². The molecule has 19 heavy (non-hydrogen) atoms. The van der Waals surface area contributed by atoms with Crippen LogP contribution in [-0.4, -0.2) is 0 Å². The smallest absolute Gasteiger partial charge is 0.101 e. The number of terminal acetylenes is 2. The SMILES string of the molecule is C#Cc1ccc(C[NH2+]Cc2ccc(C#C)cc2)cc1. The van der Waals surface area contributed by atoms with Crippen molar-refractivity contribution in [1.29, 1.82) is 0 Å². The largest absolute Gasteiger partial charge is 0.339 e. The Balaban J connectivity index is 1.85. The molecule has 0 atom stereocenters. The van der Waals surface area contributed by atoms with Gasteiger partial charge in [-0.05, 0) is 24.3 Å². The van der Waals surface area contributed by atoms with Crippen LogP contribution in [0.4, 0.5) is 0 Å². The van der Waals surface area contributed by atoms with Gasteiger partial charge in [-0.25, -0.2) is 0 Å². The maximum atomic E-state index is 5.33. The van der Waals surface area contributed by atoms with E-state index in [0.717, 1.165) is 24.2 Å². The minimum Gasteiger partial charge on any atom is -0.339 e. The van der Waals surface area contributed by atoms with Crippen LogP contribution < -0.4 is 5.32 Å². The summed E-state index contributed by atoms with van der Waals surface area (Å²) < 4.78 is 0. The van der Waals surface area contributed by atoms with Crippen molar-refractivity contribution in [2.24, 2.45) is 0 Å². The van der Waals surface area contributed by atoms with Crippen LogP contribution >= 0.6 is 0 Å². The topological polar surface area (TPSA) is 16.6 Å². The Kier molecular flexibility index (Phi) is 4.40. The standard InChI is InChI=1S/C18H15N/c1-3-15-5-9-17(10-6-15)13-19-14-18-11-7-16(4-2)8-12-18/h1-2,5-12,19H,13-14H2/p+1. The van der Waals surface area contributed by atoms with Crippen LogP contribution in [0.5, 0.6) is 0 Å². The number of nitrogens with two attached hydrogens (primary N) is 1. The number of quaternary nitrogens is 1. The molecule has 2 aromatic carbocycles. The van der Waals surface area contributed by atoms with Crippen LogP contribution in [0.1, 0.15) is 22.3 Å². The fraction of sp³-hybridized carbons (Fsp3) is 0.111. The first-order valence-electron chi connectivity index (χ1n) is 6.24. The average Bonchev–Trinajstić information content (AvgIpc) is 2.49. The van der Waals surface area contributed by atoms with Gasteiger partial charge in [-0.3, -0.25) is 0 Å². The lowest BCUT2D eigenvalue weighted by atomic mass is 10.1. The van der Waals surface area contributed by atoms with Gasteiger partial charge in [0.2, 0.25) is 0 Å². The monoisotopic (exact) mass is 246 g/mol. The number of hydrogen-bond acceptors (Lipinski definition) is 0. The third-order valence-corrected chi connectivity index (χ3v) is 3.00. The lowest BCUT2D eigenvalue weighted by Gasteiger charge is -2.03. The van der Waals surface area contributed by atoms with Crippen molar-refractivity contribution < 1.29 is 5.32 Å². The summed E-state index contributed by atoms with van der Waals surface area (Å²) in [5, 5.41) is 2.26. The molecule has 0 fully saturated rings. The third-order valence-electron chi connectivity index (χ3n) is 3.00. The highest BCUT2D eigenvalue weighted by atomic mass is 14.8. The summed E-state index contributed by atoms with van der Waals surface area (Å²) >= 11 is 0. The van der Waals surface area contributed by atoms with E-state index in [2.05, 4.69) is 41.4 Å². The molecule has 0 bridgehead atoms. The molecule has 0 aliphatic rings. The Bertz CT molecular complexity index is 549. The van der Waals surface area contributed by atoms with Gasteiger partial charge in [0.15, 0.2) is 0 Å². The Morgan fingerprint density at radius 1 is 0.684 bits per heavy atom. The molecule has 0 radical (unpaired) electrons. The molecular formula is C18H16N+. The predicted octanol–water partition coefficient (Wildman–Crippen LogP) is 1.91. The lowest BCUT2D eigenvalue weighted by molar-refractivity contribution is -0.686. The molecule has 0 amide bonds. The summed E-state index contributed by atoms with van der Waals surface area (Å²) in [7, 11) is 0. The summed E-state index contributed by atoms with van der Waals surface area (Å²) in [6.45, 7) is 1.89. The Labute approximate surface area is 114 Å². The van der Waals surface area contributed by atoms with Crippen molar-refractivity contribution in [3.05, 3.63) is 70.8 Å². The Hall–Kier alpha value is -2.48. The molecular weight excluding hydrogens is 230 g/mol. The maximum Gasteiger partial charge on any atom is 0.101 e. The van der Waals surface area contributed by atoms with Gasteiger partial charge in [-0.1, -0.05) is 36.1 Å². The quantitative estimate of drug-likeness (QED) is 0.794. The first-order chi connectivity index (χ1) is 9.31. The highest BCUT2D eigenvalue weighted by Gasteiger charge is 1.98. The van der Waals surface area contributed by atoms with Gasteiger partial charge < -0.3 is 5.32 Å². The second-order valence-corrected chi connectivity index (χ2v) is 4.38. The normalized spacial score (nSPS) is 9.58. The Morgan fingerprint density at radius 3 is 1.37 bits per heavy atom. The average molecular weight is 246 g/mol. The number of hydrogen-bond donors (Lipinski definition) is 1. The second kappa shape index (κ2) is 6.45. The van der Waals surface area contributed by atoms with E-state index in [1.807, 2.05) is 24.3 Å². The van der Waals surface area contributed by atoms with E-state index in [1.165, 1.54) is 11.1 Å². The molecule has 0 saturated carbocycles. The molecule has 0 aliphatic heterocycles. The van der Waals surface area contributed by atoms with Crippen molar-refractivity contribution in [2.75, 3.05) is 0 Å². The van der Waals surface area contributed by atoms with Gasteiger partial charge in [0.1, 0.15) is 13.1 Å². The van der Waals surface area contributed by atoms with Gasteiger partial charge in [0, 0.05) is 22.3 Å². The van der Waals surface area contributed by atoms with Gasteiger partial charge in [0.25, 0.3) is 0 Å². The zero-order valence-corrected chi connectivity index (χ0v) is 10.8. The molecule has 1 nitrogen and oxygen atoms in total. The van der Waals surface area contributed by atoms with Gasteiger partial charge in [-0.15, -0.1) is 12.8 Å². The van der Waals surface area contributed by atoms with Crippen LogP contribution in [0.3, 0.4) is 0 Å².